The number of nitrogens with one attached hydrogen (secondary N) is 1. The van der Waals surface area contributed by atoms with E-state index in [0.717, 1.165) is 17.5 Å². The molecule has 5 nitrogen and oxygen atoms in total. The molecule has 1 saturated heterocycles. The molecule has 1 atom stereocenters. The summed E-state index contributed by atoms with van der Waals surface area (Å²) in [4.78, 5) is 24.3. The Labute approximate surface area is 109 Å². The van der Waals surface area contributed by atoms with Crippen LogP contribution in [0, 0.1) is 6.92 Å². The zero-order valence-electron chi connectivity index (χ0n) is 10.2. The van der Waals surface area contributed by atoms with Crippen molar-refractivity contribution in [3.63, 3.8) is 0 Å². The van der Waals surface area contributed by atoms with E-state index < -0.39 is 12.0 Å². The van der Waals surface area contributed by atoms with Crippen LogP contribution in [0.25, 0.3) is 0 Å². The molecular formula is C12H16N2O3S. The van der Waals surface area contributed by atoms with Crippen molar-refractivity contribution in [1.29, 1.82) is 0 Å². The summed E-state index contributed by atoms with van der Waals surface area (Å²) in [5.74, 6) is -0.922. The molecule has 1 fully saturated rings. The average Bonchev–Trinajstić information content (AvgIpc) is 2.94. The number of likely N-dealkylation sites (tertiary alicyclic amines) is 1. The minimum atomic E-state index is -0.922. The van der Waals surface area contributed by atoms with Gasteiger partial charge in [0.1, 0.15) is 6.04 Å². The fraction of sp³-hybridized carbons (Fsp3) is 0.500. The fourth-order valence-corrected chi connectivity index (χ4v) is 2.96. The molecule has 1 aromatic heterocycles. The first-order chi connectivity index (χ1) is 8.59. The van der Waals surface area contributed by atoms with Crippen LogP contribution >= 0.6 is 11.3 Å². The number of hydrogen-bond acceptors (Lipinski definition) is 3. The molecule has 2 heterocycles. The van der Waals surface area contributed by atoms with E-state index in [4.69, 9.17) is 5.11 Å². The molecule has 6 heteroatoms. The van der Waals surface area contributed by atoms with Gasteiger partial charge in [0.2, 0.25) is 0 Å². The van der Waals surface area contributed by atoms with E-state index in [1.807, 2.05) is 17.7 Å². The number of carboxylic acid groups (broad SMARTS) is 1. The van der Waals surface area contributed by atoms with Crippen molar-refractivity contribution in [3.8, 4) is 0 Å². The fourth-order valence-electron chi connectivity index (χ4n) is 2.11. The Morgan fingerprint density at radius 1 is 1.56 bits per heavy atom. The minimum Gasteiger partial charge on any atom is -0.480 e. The van der Waals surface area contributed by atoms with E-state index >= 15 is 0 Å². The first-order valence-corrected chi connectivity index (χ1v) is 6.83. The highest BCUT2D eigenvalue weighted by molar-refractivity contribution is 7.08. The Hall–Kier alpha value is -1.56. The van der Waals surface area contributed by atoms with Crippen LogP contribution in [0.4, 0.5) is 4.79 Å². The van der Waals surface area contributed by atoms with Crippen molar-refractivity contribution >= 4 is 23.3 Å². The van der Waals surface area contributed by atoms with Crippen molar-refractivity contribution < 1.29 is 14.7 Å². The number of carbonyl (C=O) groups is 2. The van der Waals surface area contributed by atoms with Gasteiger partial charge in [-0.1, -0.05) is 0 Å². The maximum atomic E-state index is 11.9. The molecular weight excluding hydrogens is 252 g/mol. The van der Waals surface area contributed by atoms with Crippen LogP contribution in [-0.2, 0) is 11.3 Å². The van der Waals surface area contributed by atoms with E-state index in [9.17, 15) is 9.59 Å². The van der Waals surface area contributed by atoms with E-state index in [-0.39, 0.29) is 6.03 Å². The highest BCUT2D eigenvalue weighted by atomic mass is 32.1. The zero-order valence-corrected chi connectivity index (χ0v) is 11.0. The lowest BCUT2D eigenvalue weighted by Crippen LogP contribution is -2.45. The van der Waals surface area contributed by atoms with Crippen LogP contribution in [0.2, 0.25) is 0 Å². The lowest BCUT2D eigenvalue weighted by molar-refractivity contribution is -0.141. The molecule has 1 aliphatic rings. The predicted octanol–water partition coefficient (Wildman–Crippen LogP) is 1.82. The number of nitrogens with zero attached hydrogens (tertiary/aromatic N) is 1. The van der Waals surface area contributed by atoms with Gasteiger partial charge in [0, 0.05) is 13.1 Å². The number of aryl methyl sites for hydroxylation is 1. The van der Waals surface area contributed by atoms with E-state index in [1.54, 1.807) is 11.3 Å². The summed E-state index contributed by atoms with van der Waals surface area (Å²) < 4.78 is 0. The van der Waals surface area contributed by atoms with Gasteiger partial charge in [-0.05, 0) is 41.7 Å². The number of amides is 2. The van der Waals surface area contributed by atoms with Gasteiger partial charge in [0.05, 0.1) is 0 Å². The summed E-state index contributed by atoms with van der Waals surface area (Å²) in [5.41, 5.74) is 2.23. The van der Waals surface area contributed by atoms with Gasteiger partial charge in [-0.25, -0.2) is 9.59 Å². The molecule has 0 aromatic carbocycles. The van der Waals surface area contributed by atoms with Gasteiger partial charge < -0.3 is 15.3 Å². The molecule has 0 radical (unpaired) electrons. The molecule has 98 valence electrons. The SMILES string of the molecule is Cc1cscc1CNC(=O)N1CCC[C@H]1C(=O)O. The summed E-state index contributed by atoms with van der Waals surface area (Å²) in [7, 11) is 0. The smallest absolute Gasteiger partial charge is 0.326 e. The minimum absolute atomic E-state index is 0.287. The molecule has 2 amide bonds. The molecule has 0 bridgehead atoms. The second-order valence-electron chi connectivity index (χ2n) is 4.43. The third-order valence-corrected chi connectivity index (χ3v) is 4.10. The molecule has 0 saturated carbocycles. The highest BCUT2D eigenvalue weighted by Gasteiger charge is 2.33. The summed E-state index contributed by atoms with van der Waals surface area (Å²) in [6.07, 6.45) is 1.29. The van der Waals surface area contributed by atoms with Crippen LogP contribution in [0.3, 0.4) is 0 Å². The molecule has 0 spiro atoms. The Morgan fingerprint density at radius 2 is 2.33 bits per heavy atom. The van der Waals surface area contributed by atoms with Gasteiger partial charge in [-0.2, -0.15) is 11.3 Å². The summed E-state index contributed by atoms with van der Waals surface area (Å²) >= 11 is 1.60. The lowest BCUT2D eigenvalue weighted by Gasteiger charge is -2.21. The number of aliphatic carboxylic acids is 1. The van der Waals surface area contributed by atoms with Crippen LogP contribution in [0.15, 0.2) is 10.8 Å². The number of urea groups is 1. The molecule has 1 aromatic rings. The average molecular weight is 268 g/mol. The molecule has 18 heavy (non-hydrogen) atoms. The van der Waals surface area contributed by atoms with E-state index in [0.29, 0.717) is 19.5 Å². The van der Waals surface area contributed by atoms with Crippen LogP contribution < -0.4 is 5.32 Å². The zero-order chi connectivity index (χ0) is 13.1. The number of carboxylic acids is 1. The lowest BCUT2D eigenvalue weighted by atomic mass is 10.2. The Balaban J connectivity index is 1.92. The Kier molecular flexibility index (Phi) is 3.86. The third kappa shape index (κ3) is 2.64. The third-order valence-electron chi connectivity index (χ3n) is 3.19. The predicted molar refractivity (Wildman–Crippen MR) is 68.7 cm³/mol. The molecule has 2 rings (SSSR count). The number of carbonyl (C=O) groups excluding carboxylic acids is 1. The van der Waals surface area contributed by atoms with E-state index in [2.05, 4.69) is 5.32 Å². The van der Waals surface area contributed by atoms with Crippen LogP contribution in [0.5, 0.6) is 0 Å². The first-order valence-electron chi connectivity index (χ1n) is 5.88. The first kappa shape index (κ1) is 12.9. The molecule has 2 N–H and O–H groups in total. The van der Waals surface area contributed by atoms with Gasteiger partial charge in [-0.3, -0.25) is 0 Å². The standard InChI is InChI=1S/C12H16N2O3S/c1-8-6-18-7-9(8)5-13-12(17)14-4-2-3-10(14)11(15)16/h6-7,10H,2-5H2,1H3,(H,13,17)(H,15,16)/t10-/m0/s1. The van der Waals surface area contributed by atoms with E-state index in [1.165, 1.54) is 4.90 Å². The Morgan fingerprint density at radius 3 is 2.94 bits per heavy atom. The Bertz CT molecular complexity index is 458. The van der Waals surface area contributed by atoms with Gasteiger partial charge >= 0.3 is 12.0 Å². The number of rotatable bonds is 3. The monoisotopic (exact) mass is 268 g/mol. The van der Waals surface area contributed by atoms with Crippen molar-refractivity contribution in [1.82, 2.24) is 10.2 Å². The highest BCUT2D eigenvalue weighted by Crippen LogP contribution is 2.18. The van der Waals surface area contributed by atoms with Crippen LogP contribution in [-0.4, -0.2) is 34.6 Å². The van der Waals surface area contributed by atoms with Gasteiger partial charge in [0.25, 0.3) is 0 Å². The molecule has 0 aliphatic carbocycles. The van der Waals surface area contributed by atoms with Crippen molar-refractivity contribution in [3.05, 3.63) is 21.9 Å². The second-order valence-corrected chi connectivity index (χ2v) is 5.17. The largest absolute Gasteiger partial charge is 0.480 e. The molecule has 0 unspecified atom stereocenters. The van der Waals surface area contributed by atoms with Crippen molar-refractivity contribution in [2.45, 2.75) is 32.4 Å². The van der Waals surface area contributed by atoms with Gasteiger partial charge in [0.15, 0.2) is 0 Å². The van der Waals surface area contributed by atoms with Crippen molar-refractivity contribution in [2.75, 3.05) is 6.54 Å². The maximum Gasteiger partial charge on any atom is 0.326 e. The normalized spacial score (nSPS) is 18.9. The summed E-state index contributed by atoms with van der Waals surface area (Å²) in [5, 5.41) is 15.8. The van der Waals surface area contributed by atoms with Crippen LogP contribution in [0.1, 0.15) is 24.0 Å². The number of thiophene rings is 1. The summed E-state index contributed by atoms with van der Waals surface area (Å²) in [6.45, 7) is 2.97. The second kappa shape index (κ2) is 5.39. The summed E-state index contributed by atoms with van der Waals surface area (Å²) in [6, 6.07) is -0.959. The maximum absolute atomic E-state index is 11.9. The quantitative estimate of drug-likeness (QED) is 0.878. The topological polar surface area (TPSA) is 69.6 Å². The van der Waals surface area contributed by atoms with Crippen molar-refractivity contribution in [2.24, 2.45) is 0 Å². The van der Waals surface area contributed by atoms with Gasteiger partial charge in [-0.15, -0.1) is 0 Å². The molecule has 1 aliphatic heterocycles. The number of hydrogen-bond donors (Lipinski definition) is 2.